The second-order valence-electron chi connectivity index (χ2n) is 4.39. The lowest BCUT2D eigenvalue weighted by Gasteiger charge is -2.19. The van der Waals surface area contributed by atoms with Gasteiger partial charge in [0.1, 0.15) is 0 Å². The molecule has 0 radical (unpaired) electrons. The molecule has 0 bridgehead atoms. The third kappa shape index (κ3) is 3.33. The van der Waals surface area contributed by atoms with Gasteiger partial charge in [0.05, 0.1) is 0 Å². The molecular weight excluding hydrogens is 288 g/mol. The number of nitrogens with zero attached hydrogens (tertiary/aromatic N) is 2. The van der Waals surface area contributed by atoms with Gasteiger partial charge in [-0.15, -0.1) is 0 Å². The van der Waals surface area contributed by atoms with Gasteiger partial charge in [-0.05, 0) is 51.7 Å². The Hall–Kier alpha value is -1.35. The molecule has 0 amide bonds. The van der Waals surface area contributed by atoms with Crippen LogP contribution < -0.4 is 4.90 Å². The quantitative estimate of drug-likeness (QED) is 0.847. The van der Waals surface area contributed by atoms with Crippen molar-refractivity contribution in [2.75, 3.05) is 11.9 Å². The summed E-state index contributed by atoms with van der Waals surface area (Å²) in [6.07, 6.45) is 4.79. The maximum Gasteiger partial charge on any atom is 0.0441 e. The molecular formula is C15H17BrN2. The molecule has 0 spiro atoms. The van der Waals surface area contributed by atoms with Crippen LogP contribution in [-0.2, 0) is 13.0 Å². The predicted molar refractivity (Wildman–Crippen MR) is 79.9 cm³/mol. The predicted octanol–water partition coefficient (Wildman–Crippen LogP) is 4.04. The van der Waals surface area contributed by atoms with E-state index in [-0.39, 0.29) is 0 Å². The van der Waals surface area contributed by atoms with Crippen molar-refractivity contribution in [3.63, 3.8) is 0 Å². The molecule has 94 valence electrons. The third-order valence-corrected chi connectivity index (χ3v) is 3.40. The van der Waals surface area contributed by atoms with Gasteiger partial charge in [-0.3, -0.25) is 4.98 Å². The van der Waals surface area contributed by atoms with E-state index in [2.05, 4.69) is 70.1 Å². The second kappa shape index (κ2) is 6.01. The highest BCUT2D eigenvalue weighted by atomic mass is 79.9. The van der Waals surface area contributed by atoms with Crippen LogP contribution in [0.3, 0.4) is 0 Å². The van der Waals surface area contributed by atoms with Crippen molar-refractivity contribution in [2.24, 2.45) is 0 Å². The van der Waals surface area contributed by atoms with Gasteiger partial charge in [0, 0.05) is 36.1 Å². The van der Waals surface area contributed by atoms with E-state index in [0.29, 0.717) is 0 Å². The number of benzene rings is 1. The third-order valence-electron chi connectivity index (χ3n) is 2.97. The van der Waals surface area contributed by atoms with E-state index in [1.54, 1.807) is 6.20 Å². The van der Waals surface area contributed by atoms with Crippen molar-refractivity contribution < 1.29 is 0 Å². The van der Waals surface area contributed by atoms with E-state index < -0.39 is 0 Å². The normalized spacial score (nSPS) is 10.4. The SMILES string of the molecule is CCc1ccc(N(C)Cc2cncc(Br)c2)cc1. The number of halogens is 1. The largest absolute Gasteiger partial charge is 0.370 e. The molecule has 0 saturated carbocycles. The van der Waals surface area contributed by atoms with Gasteiger partial charge in [-0.25, -0.2) is 0 Å². The second-order valence-corrected chi connectivity index (χ2v) is 5.30. The topological polar surface area (TPSA) is 16.1 Å². The Kier molecular flexibility index (Phi) is 4.37. The first-order valence-electron chi connectivity index (χ1n) is 6.08. The Labute approximate surface area is 117 Å². The Morgan fingerprint density at radius 3 is 2.44 bits per heavy atom. The molecule has 0 atom stereocenters. The molecule has 1 aromatic carbocycles. The van der Waals surface area contributed by atoms with Gasteiger partial charge in [0.2, 0.25) is 0 Å². The van der Waals surface area contributed by atoms with E-state index >= 15 is 0 Å². The summed E-state index contributed by atoms with van der Waals surface area (Å²) < 4.78 is 1.02. The summed E-state index contributed by atoms with van der Waals surface area (Å²) in [6.45, 7) is 3.03. The number of aryl methyl sites for hydroxylation is 1. The van der Waals surface area contributed by atoms with Crippen LogP contribution in [-0.4, -0.2) is 12.0 Å². The summed E-state index contributed by atoms with van der Waals surface area (Å²) in [5, 5.41) is 0. The number of hydrogen-bond acceptors (Lipinski definition) is 2. The molecule has 0 aliphatic heterocycles. The van der Waals surface area contributed by atoms with Gasteiger partial charge >= 0.3 is 0 Å². The molecule has 0 aliphatic carbocycles. The first-order chi connectivity index (χ1) is 8.69. The van der Waals surface area contributed by atoms with Crippen LogP contribution in [0.2, 0.25) is 0 Å². The van der Waals surface area contributed by atoms with Crippen LogP contribution in [0.25, 0.3) is 0 Å². The zero-order valence-electron chi connectivity index (χ0n) is 10.7. The molecule has 3 heteroatoms. The maximum atomic E-state index is 4.18. The van der Waals surface area contributed by atoms with Crippen LogP contribution in [0.15, 0.2) is 47.2 Å². The Balaban J connectivity index is 2.09. The highest BCUT2D eigenvalue weighted by Crippen LogP contribution is 2.18. The fraction of sp³-hybridized carbons (Fsp3) is 0.267. The highest BCUT2D eigenvalue weighted by Gasteiger charge is 2.03. The van der Waals surface area contributed by atoms with E-state index in [9.17, 15) is 0 Å². The first-order valence-corrected chi connectivity index (χ1v) is 6.88. The Morgan fingerprint density at radius 1 is 1.11 bits per heavy atom. The van der Waals surface area contributed by atoms with Crippen LogP contribution in [0, 0.1) is 0 Å². The summed E-state index contributed by atoms with van der Waals surface area (Å²) in [5.74, 6) is 0. The molecule has 2 nitrogen and oxygen atoms in total. The minimum atomic E-state index is 0.859. The number of pyridine rings is 1. The summed E-state index contributed by atoms with van der Waals surface area (Å²) in [5.41, 5.74) is 3.80. The lowest BCUT2D eigenvalue weighted by atomic mass is 10.1. The minimum absolute atomic E-state index is 0.859. The Morgan fingerprint density at radius 2 is 1.83 bits per heavy atom. The molecule has 18 heavy (non-hydrogen) atoms. The van der Waals surface area contributed by atoms with Crippen LogP contribution in [0.1, 0.15) is 18.1 Å². The first kappa shape index (κ1) is 13.1. The average Bonchev–Trinajstić information content (AvgIpc) is 2.39. The van der Waals surface area contributed by atoms with Gasteiger partial charge in [0.25, 0.3) is 0 Å². The van der Waals surface area contributed by atoms with Crippen LogP contribution >= 0.6 is 15.9 Å². The molecule has 1 aromatic heterocycles. The molecule has 0 N–H and O–H groups in total. The summed E-state index contributed by atoms with van der Waals surface area (Å²) in [4.78, 5) is 6.41. The lowest BCUT2D eigenvalue weighted by Crippen LogP contribution is -2.16. The fourth-order valence-corrected chi connectivity index (χ4v) is 2.31. The minimum Gasteiger partial charge on any atom is -0.370 e. The molecule has 2 aromatic rings. The van der Waals surface area contributed by atoms with Crippen LogP contribution in [0.5, 0.6) is 0 Å². The van der Waals surface area contributed by atoms with Crippen molar-refractivity contribution in [3.05, 3.63) is 58.3 Å². The number of rotatable bonds is 4. The summed E-state index contributed by atoms with van der Waals surface area (Å²) in [7, 11) is 2.10. The highest BCUT2D eigenvalue weighted by molar-refractivity contribution is 9.10. The van der Waals surface area contributed by atoms with Crippen molar-refractivity contribution in [1.82, 2.24) is 4.98 Å². The standard InChI is InChI=1S/C15H17BrN2/c1-3-12-4-6-15(7-5-12)18(2)11-13-8-14(16)10-17-9-13/h4-10H,3,11H2,1-2H3. The van der Waals surface area contributed by atoms with Crippen molar-refractivity contribution in [2.45, 2.75) is 19.9 Å². The number of aromatic nitrogens is 1. The monoisotopic (exact) mass is 304 g/mol. The zero-order chi connectivity index (χ0) is 13.0. The fourth-order valence-electron chi connectivity index (χ4n) is 1.89. The van der Waals surface area contributed by atoms with E-state index in [1.807, 2.05) is 6.20 Å². The number of anilines is 1. The molecule has 2 rings (SSSR count). The van der Waals surface area contributed by atoms with Crippen molar-refractivity contribution in [1.29, 1.82) is 0 Å². The van der Waals surface area contributed by atoms with Crippen molar-refractivity contribution in [3.8, 4) is 0 Å². The van der Waals surface area contributed by atoms with E-state index in [0.717, 1.165) is 17.4 Å². The van der Waals surface area contributed by atoms with Crippen molar-refractivity contribution >= 4 is 21.6 Å². The summed E-state index contributed by atoms with van der Waals surface area (Å²) in [6, 6.07) is 10.8. The Bertz CT molecular complexity index is 508. The van der Waals surface area contributed by atoms with E-state index in [1.165, 1.54) is 16.8 Å². The lowest BCUT2D eigenvalue weighted by molar-refractivity contribution is 0.913. The molecule has 0 aliphatic rings. The van der Waals surface area contributed by atoms with Gasteiger partial charge in [-0.1, -0.05) is 19.1 Å². The van der Waals surface area contributed by atoms with Gasteiger partial charge in [-0.2, -0.15) is 0 Å². The molecule has 0 unspecified atom stereocenters. The van der Waals surface area contributed by atoms with Gasteiger partial charge in [0.15, 0.2) is 0 Å². The van der Waals surface area contributed by atoms with E-state index in [4.69, 9.17) is 0 Å². The smallest absolute Gasteiger partial charge is 0.0441 e. The van der Waals surface area contributed by atoms with Gasteiger partial charge < -0.3 is 4.90 Å². The molecule has 0 saturated heterocycles. The molecule has 0 fully saturated rings. The zero-order valence-corrected chi connectivity index (χ0v) is 12.3. The number of hydrogen-bond donors (Lipinski definition) is 0. The average molecular weight is 305 g/mol. The molecule has 1 heterocycles. The van der Waals surface area contributed by atoms with Crippen LogP contribution in [0.4, 0.5) is 5.69 Å². The maximum absolute atomic E-state index is 4.18. The summed E-state index contributed by atoms with van der Waals surface area (Å²) >= 11 is 3.45.